The molecule has 0 unspecified atom stereocenters. The predicted molar refractivity (Wildman–Crippen MR) is 80.2 cm³/mol. The second kappa shape index (κ2) is 5.53. The van der Waals surface area contributed by atoms with E-state index in [1.807, 2.05) is 0 Å². The molecule has 1 aromatic carbocycles. The second-order valence-corrected chi connectivity index (χ2v) is 6.46. The number of halogens is 1. The van der Waals surface area contributed by atoms with Crippen molar-refractivity contribution in [2.75, 3.05) is 18.0 Å². The van der Waals surface area contributed by atoms with E-state index < -0.39 is 0 Å². The molecule has 1 aromatic rings. The SMILES string of the molecule is O=C(N[C@@H]1CCN(c2ccc(Br)cc2)C1)C1CCC1. The summed E-state index contributed by atoms with van der Waals surface area (Å²) >= 11 is 3.45. The molecule has 0 aromatic heterocycles. The van der Waals surface area contributed by atoms with E-state index in [0.717, 1.165) is 36.8 Å². The third-order valence-electron chi connectivity index (χ3n) is 4.20. The lowest BCUT2D eigenvalue weighted by Gasteiger charge is -2.26. The first-order valence-corrected chi connectivity index (χ1v) is 7.82. The maximum atomic E-state index is 11.9. The van der Waals surface area contributed by atoms with Crippen LogP contribution in [-0.2, 0) is 4.79 Å². The number of hydrogen-bond acceptors (Lipinski definition) is 2. The van der Waals surface area contributed by atoms with Crippen LogP contribution in [0.4, 0.5) is 5.69 Å². The molecule has 1 saturated heterocycles. The first-order valence-electron chi connectivity index (χ1n) is 7.03. The van der Waals surface area contributed by atoms with E-state index in [1.54, 1.807) is 0 Å². The Hall–Kier alpha value is -1.03. The Balaban J connectivity index is 1.54. The molecule has 3 rings (SSSR count). The maximum absolute atomic E-state index is 11.9. The molecule has 1 aliphatic heterocycles. The van der Waals surface area contributed by atoms with Gasteiger partial charge in [-0.05, 0) is 43.5 Å². The Morgan fingerprint density at radius 3 is 2.58 bits per heavy atom. The average molecular weight is 323 g/mol. The summed E-state index contributed by atoms with van der Waals surface area (Å²) in [5, 5.41) is 3.20. The van der Waals surface area contributed by atoms with Gasteiger partial charge in [0, 0.05) is 35.2 Å². The summed E-state index contributed by atoms with van der Waals surface area (Å²) in [7, 11) is 0. The van der Waals surface area contributed by atoms with Crippen LogP contribution in [0.15, 0.2) is 28.7 Å². The van der Waals surface area contributed by atoms with Crippen molar-refractivity contribution in [2.24, 2.45) is 5.92 Å². The maximum Gasteiger partial charge on any atom is 0.223 e. The van der Waals surface area contributed by atoms with Gasteiger partial charge in [-0.25, -0.2) is 0 Å². The van der Waals surface area contributed by atoms with Crippen LogP contribution in [0.3, 0.4) is 0 Å². The Morgan fingerprint density at radius 2 is 1.95 bits per heavy atom. The number of nitrogens with zero attached hydrogens (tertiary/aromatic N) is 1. The van der Waals surface area contributed by atoms with Crippen molar-refractivity contribution in [1.82, 2.24) is 5.32 Å². The first kappa shape index (κ1) is 13.0. The standard InChI is InChI=1S/C15H19BrN2O/c16-12-4-6-14(7-5-12)18-9-8-13(10-18)17-15(19)11-2-1-3-11/h4-7,11,13H,1-3,8-10H2,(H,17,19)/t13-/m1/s1. The van der Waals surface area contributed by atoms with Crippen LogP contribution in [-0.4, -0.2) is 25.0 Å². The quantitative estimate of drug-likeness (QED) is 0.928. The molecule has 1 saturated carbocycles. The van der Waals surface area contributed by atoms with Gasteiger partial charge in [0.1, 0.15) is 0 Å². The fourth-order valence-corrected chi connectivity index (χ4v) is 3.02. The molecule has 1 heterocycles. The molecule has 2 aliphatic rings. The zero-order chi connectivity index (χ0) is 13.2. The summed E-state index contributed by atoms with van der Waals surface area (Å²) in [5.74, 6) is 0.565. The second-order valence-electron chi connectivity index (χ2n) is 5.54. The minimum atomic E-state index is 0.272. The van der Waals surface area contributed by atoms with Gasteiger partial charge in [0.2, 0.25) is 5.91 Å². The minimum Gasteiger partial charge on any atom is -0.369 e. The third-order valence-corrected chi connectivity index (χ3v) is 4.73. The third kappa shape index (κ3) is 2.94. The zero-order valence-corrected chi connectivity index (χ0v) is 12.5. The van der Waals surface area contributed by atoms with Gasteiger partial charge < -0.3 is 10.2 Å². The summed E-state index contributed by atoms with van der Waals surface area (Å²) in [5.41, 5.74) is 1.24. The lowest BCUT2D eigenvalue weighted by Crippen LogP contribution is -2.42. The fraction of sp³-hybridized carbons (Fsp3) is 0.533. The van der Waals surface area contributed by atoms with Crippen LogP contribution in [0.1, 0.15) is 25.7 Å². The van der Waals surface area contributed by atoms with Crippen LogP contribution in [0.2, 0.25) is 0 Å². The number of carbonyl (C=O) groups excluding carboxylic acids is 1. The smallest absolute Gasteiger partial charge is 0.223 e. The van der Waals surface area contributed by atoms with Gasteiger partial charge in [-0.3, -0.25) is 4.79 Å². The average Bonchev–Trinajstić information content (AvgIpc) is 2.76. The normalized spacial score (nSPS) is 23.2. The highest BCUT2D eigenvalue weighted by Crippen LogP contribution is 2.27. The van der Waals surface area contributed by atoms with Gasteiger partial charge in [-0.1, -0.05) is 22.4 Å². The molecule has 0 bridgehead atoms. The van der Waals surface area contributed by atoms with Gasteiger partial charge in [0.15, 0.2) is 0 Å². The zero-order valence-electron chi connectivity index (χ0n) is 10.9. The van der Waals surface area contributed by atoms with Gasteiger partial charge >= 0.3 is 0 Å². The van der Waals surface area contributed by atoms with E-state index in [4.69, 9.17) is 0 Å². The van der Waals surface area contributed by atoms with E-state index in [-0.39, 0.29) is 5.91 Å². The highest BCUT2D eigenvalue weighted by Gasteiger charge is 2.29. The van der Waals surface area contributed by atoms with Crippen molar-refractivity contribution in [3.05, 3.63) is 28.7 Å². The monoisotopic (exact) mass is 322 g/mol. The number of amides is 1. The lowest BCUT2D eigenvalue weighted by atomic mass is 9.84. The Morgan fingerprint density at radius 1 is 1.21 bits per heavy atom. The Labute approximate surface area is 122 Å². The first-order chi connectivity index (χ1) is 9.22. The summed E-state index contributed by atoms with van der Waals surface area (Å²) in [6.45, 7) is 1.96. The van der Waals surface area contributed by atoms with Gasteiger partial charge in [-0.2, -0.15) is 0 Å². The number of hydrogen-bond donors (Lipinski definition) is 1. The van der Waals surface area contributed by atoms with E-state index in [0.29, 0.717) is 12.0 Å². The molecule has 1 atom stereocenters. The van der Waals surface area contributed by atoms with Crippen molar-refractivity contribution in [3.63, 3.8) is 0 Å². The molecular weight excluding hydrogens is 304 g/mol. The highest BCUT2D eigenvalue weighted by atomic mass is 79.9. The van der Waals surface area contributed by atoms with Crippen molar-refractivity contribution < 1.29 is 4.79 Å². The molecule has 0 spiro atoms. The number of benzene rings is 1. The van der Waals surface area contributed by atoms with Gasteiger partial charge in [0.25, 0.3) is 0 Å². The Bertz CT molecular complexity index is 456. The van der Waals surface area contributed by atoms with Gasteiger partial charge in [-0.15, -0.1) is 0 Å². The van der Waals surface area contributed by atoms with E-state index in [2.05, 4.69) is 50.4 Å². The summed E-state index contributed by atoms with van der Waals surface area (Å²) in [6, 6.07) is 8.70. The number of anilines is 1. The fourth-order valence-electron chi connectivity index (χ4n) is 2.75. The number of rotatable bonds is 3. The van der Waals surface area contributed by atoms with Crippen LogP contribution in [0.25, 0.3) is 0 Å². The molecule has 1 aliphatic carbocycles. The molecule has 3 nitrogen and oxygen atoms in total. The van der Waals surface area contributed by atoms with Crippen LogP contribution < -0.4 is 10.2 Å². The number of carbonyl (C=O) groups is 1. The van der Waals surface area contributed by atoms with E-state index in [1.165, 1.54) is 12.1 Å². The van der Waals surface area contributed by atoms with Crippen LogP contribution >= 0.6 is 15.9 Å². The Kier molecular flexibility index (Phi) is 3.78. The van der Waals surface area contributed by atoms with Crippen molar-refractivity contribution in [2.45, 2.75) is 31.7 Å². The van der Waals surface area contributed by atoms with Crippen LogP contribution in [0, 0.1) is 5.92 Å². The molecule has 1 amide bonds. The minimum absolute atomic E-state index is 0.272. The van der Waals surface area contributed by atoms with Gasteiger partial charge in [0.05, 0.1) is 0 Å². The molecule has 0 radical (unpaired) electrons. The van der Waals surface area contributed by atoms with E-state index >= 15 is 0 Å². The molecule has 4 heteroatoms. The predicted octanol–water partition coefficient (Wildman–Crippen LogP) is 2.94. The van der Waals surface area contributed by atoms with Crippen molar-refractivity contribution in [1.29, 1.82) is 0 Å². The van der Waals surface area contributed by atoms with Crippen molar-refractivity contribution >= 4 is 27.5 Å². The summed E-state index contributed by atoms with van der Waals surface area (Å²) in [6.07, 6.45) is 4.42. The van der Waals surface area contributed by atoms with Crippen LogP contribution in [0.5, 0.6) is 0 Å². The highest BCUT2D eigenvalue weighted by molar-refractivity contribution is 9.10. The summed E-state index contributed by atoms with van der Waals surface area (Å²) in [4.78, 5) is 14.3. The topological polar surface area (TPSA) is 32.3 Å². The lowest BCUT2D eigenvalue weighted by molar-refractivity contribution is -0.127. The van der Waals surface area contributed by atoms with E-state index in [9.17, 15) is 4.79 Å². The summed E-state index contributed by atoms with van der Waals surface area (Å²) < 4.78 is 1.10. The molecule has 2 fully saturated rings. The molecule has 19 heavy (non-hydrogen) atoms. The van der Waals surface area contributed by atoms with Crippen molar-refractivity contribution in [3.8, 4) is 0 Å². The molecule has 102 valence electrons. The molecular formula is C15H19BrN2O. The largest absolute Gasteiger partial charge is 0.369 e. The number of nitrogens with one attached hydrogen (secondary N) is 1. The molecule has 1 N–H and O–H groups in total.